The maximum Gasteiger partial charge on any atom is 0.409 e. The van der Waals surface area contributed by atoms with Gasteiger partial charge in [-0.05, 0) is 23.7 Å². The van der Waals surface area contributed by atoms with Crippen LogP contribution < -0.4 is 5.32 Å². The van der Waals surface area contributed by atoms with Gasteiger partial charge in [0, 0.05) is 25.7 Å². The van der Waals surface area contributed by atoms with Gasteiger partial charge in [0.15, 0.2) is 0 Å². The Kier molecular flexibility index (Phi) is 5.65. The average Bonchev–Trinajstić information content (AvgIpc) is 2.34. The number of carbonyl (C=O) groups excluding carboxylic acids is 1. The van der Waals surface area contributed by atoms with Gasteiger partial charge in [-0.15, -0.1) is 0 Å². The van der Waals surface area contributed by atoms with Gasteiger partial charge in [0.1, 0.15) is 0 Å². The summed E-state index contributed by atoms with van der Waals surface area (Å²) in [5.41, 5.74) is 0.265. The Balaban J connectivity index is 2.62. The molecular formula is C15H30N2O2. The minimum Gasteiger partial charge on any atom is -0.453 e. The van der Waals surface area contributed by atoms with Gasteiger partial charge in [-0.1, -0.05) is 34.6 Å². The number of methoxy groups -OCH3 is 1. The van der Waals surface area contributed by atoms with E-state index in [9.17, 15) is 4.79 Å². The van der Waals surface area contributed by atoms with Crippen LogP contribution >= 0.6 is 0 Å². The van der Waals surface area contributed by atoms with Crippen LogP contribution in [0.4, 0.5) is 4.79 Å². The SMILES string of the molecule is COC(=O)N1CC(NCC(C)(C)C)CC(C(C)C)C1. The molecule has 0 aliphatic carbocycles. The van der Waals surface area contributed by atoms with Gasteiger partial charge < -0.3 is 15.0 Å². The summed E-state index contributed by atoms with van der Waals surface area (Å²) in [6.07, 6.45) is 0.939. The van der Waals surface area contributed by atoms with Crippen molar-refractivity contribution in [2.24, 2.45) is 17.3 Å². The maximum atomic E-state index is 11.8. The highest BCUT2D eigenvalue weighted by molar-refractivity contribution is 5.67. The standard InChI is InChI=1S/C15H30N2O2/c1-11(2)12-7-13(16-10-15(3,4)5)9-17(8-12)14(18)19-6/h11-13,16H,7-10H2,1-6H3. The van der Waals surface area contributed by atoms with Crippen LogP contribution in [0, 0.1) is 17.3 Å². The van der Waals surface area contributed by atoms with Crippen molar-refractivity contribution in [2.75, 3.05) is 26.7 Å². The number of hydrogen-bond acceptors (Lipinski definition) is 3. The Morgan fingerprint density at radius 3 is 2.47 bits per heavy atom. The molecule has 1 aliphatic rings. The van der Waals surface area contributed by atoms with Gasteiger partial charge in [-0.2, -0.15) is 0 Å². The quantitative estimate of drug-likeness (QED) is 0.857. The van der Waals surface area contributed by atoms with E-state index >= 15 is 0 Å². The lowest BCUT2D eigenvalue weighted by atomic mass is 9.85. The third-order valence-corrected chi connectivity index (χ3v) is 3.78. The second kappa shape index (κ2) is 6.60. The molecule has 1 saturated heterocycles. The molecule has 0 bridgehead atoms. The van der Waals surface area contributed by atoms with E-state index in [1.54, 1.807) is 0 Å². The molecule has 1 heterocycles. The molecule has 0 aromatic rings. The smallest absolute Gasteiger partial charge is 0.409 e. The largest absolute Gasteiger partial charge is 0.453 e. The number of carbonyl (C=O) groups is 1. The molecule has 1 amide bonds. The van der Waals surface area contributed by atoms with Gasteiger partial charge in [-0.25, -0.2) is 4.79 Å². The van der Waals surface area contributed by atoms with Crippen LogP contribution in [-0.2, 0) is 4.74 Å². The number of ether oxygens (including phenoxy) is 1. The Morgan fingerprint density at radius 1 is 1.37 bits per heavy atom. The predicted molar refractivity (Wildman–Crippen MR) is 78.2 cm³/mol. The van der Waals surface area contributed by atoms with E-state index < -0.39 is 0 Å². The van der Waals surface area contributed by atoms with E-state index in [0.29, 0.717) is 17.9 Å². The summed E-state index contributed by atoms with van der Waals surface area (Å²) >= 11 is 0. The number of piperidine rings is 1. The third kappa shape index (κ3) is 5.39. The third-order valence-electron chi connectivity index (χ3n) is 3.78. The van der Waals surface area contributed by atoms with Crippen molar-refractivity contribution >= 4 is 6.09 Å². The maximum absolute atomic E-state index is 11.8. The zero-order chi connectivity index (χ0) is 14.6. The monoisotopic (exact) mass is 270 g/mol. The number of rotatable bonds is 3. The molecule has 1 N–H and O–H groups in total. The van der Waals surface area contributed by atoms with Crippen molar-refractivity contribution in [1.82, 2.24) is 10.2 Å². The Bertz CT molecular complexity index is 297. The topological polar surface area (TPSA) is 41.6 Å². The molecule has 2 unspecified atom stereocenters. The summed E-state index contributed by atoms with van der Waals surface area (Å²) in [6.45, 7) is 13.7. The van der Waals surface area contributed by atoms with Gasteiger partial charge in [0.05, 0.1) is 7.11 Å². The van der Waals surface area contributed by atoms with E-state index in [-0.39, 0.29) is 11.5 Å². The van der Waals surface area contributed by atoms with Crippen LogP contribution in [0.3, 0.4) is 0 Å². The zero-order valence-electron chi connectivity index (χ0n) is 13.3. The lowest BCUT2D eigenvalue weighted by molar-refractivity contribution is 0.0793. The van der Waals surface area contributed by atoms with Crippen LogP contribution in [0.1, 0.15) is 41.0 Å². The average molecular weight is 270 g/mol. The zero-order valence-corrected chi connectivity index (χ0v) is 13.3. The molecule has 4 nitrogen and oxygen atoms in total. The first-order valence-electron chi connectivity index (χ1n) is 7.29. The molecular weight excluding hydrogens is 240 g/mol. The molecule has 112 valence electrons. The molecule has 1 aliphatic heterocycles. The molecule has 0 saturated carbocycles. The molecule has 0 aromatic carbocycles. The van der Waals surface area contributed by atoms with Gasteiger partial charge in [-0.3, -0.25) is 0 Å². The lowest BCUT2D eigenvalue weighted by Crippen LogP contribution is -2.53. The van der Waals surface area contributed by atoms with Crippen LogP contribution in [0.5, 0.6) is 0 Å². The van der Waals surface area contributed by atoms with E-state index in [1.165, 1.54) is 7.11 Å². The number of nitrogens with one attached hydrogen (secondary N) is 1. The Labute approximate surface area is 117 Å². The fourth-order valence-electron chi connectivity index (χ4n) is 2.50. The summed E-state index contributed by atoms with van der Waals surface area (Å²) in [5.74, 6) is 1.14. The highest BCUT2D eigenvalue weighted by Crippen LogP contribution is 2.25. The van der Waals surface area contributed by atoms with Crippen molar-refractivity contribution in [3.63, 3.8) is 0 Å². The summed E-state index contributed by atoms with van der Waals surface area (Å²) in [6, 6.07) is 0.375. The van der Waals surface area contributed by atoms with Crippen molar-refractivity contribution in [2.45, 2.75) is 47.1 Å². The first-order valence-corrected chi connectivity index (χ1v) is 7.29. The summed E-state index contributed by atoms with van der Waals surface area (Å²) in [4.78, 5) is 13.6. The minimum atomic E-state index is -0.201. The number of likely N-dealkylation sites (tertiary alicyclic amines) is 1. The minimum absolute atomic E-state index is 0.201. The highest BCUT2D eigenvalue weighted by atomic mass is 16.5. The van der Waals surface area contributed by atoms with Crippen LogP contribution in [-0.4, -0.2) is 43.8 Å². The van der Waals surface area contributed by atoms with Crippen molar-refractivity contribution in [3.05, 3.63) is 0 Å². The second-order valence-electron chi connectivity index (χ2n) is 7.25. The normalized spacial score (nSPS) is 24.7. The first kappa shape index (κ1) is 16.3. The van der Waals surface area contributed by atoms with Crippen LogP contribution in [0.15, 0.2) is 0 Å². The summed E-state index contributed by atoms with van der Waals surface area (Å²) in [5, 5.41) is 3.61. The van der Waals surface area contributed by atoms with E-state index in [1.807, 2.05) is 4.90 Å². The van der Waals surface area contributed by atoms with E-state index in [2.05, 4.69) is 39.9 Å². The van der Waals surface area contributed by atoms with Gasteiger partial charge in [0.25, 0.3) is 0 Å². The molecule has 0 radical (unpaired) electrons. The summed E-state index contributed by atoms with van der Waals surface area (Å²) < 4.78 is 4.87. The molecule has 19 heavy (non-hydrogen) atoms. The Hall–Kier alpha value is -0.770. The number of hydrogen-bond donors (Lipinski definition) is 1. The molecule has 0 spiro atoms. The van der Waals surface area contributed by atoms with E-state index in [0.717, 1.165) is 26.1 Å². The van der Waals surface area contributed by atoms with Crippen LogP contribution in [0.2, 0.25) is 0 Å². The van der Waals surface area contributed by atoms with Crippen molar-refractivity contribution in [3.8, 4) is 0 Å². The van der Waals surface area contributed by atoms with E-state index in [4.69, 9.17) is 4.74 Å². The number of amides is 1. The number of nitrogens with zero attached hydrogens (tertiary/aromatic N) is 1. The van der Waals surface area contributed by atoms with Crippen molar-refractivity contribution < 1.29 is 9.53 Å². The predicted octanol–water partition coefficient (Wildman–Crippen LogP) is 2.74. The summed E-state index contributed by atoms with van der Waals surface area (Å²) in [7, 11) is 1.46. The molecule has 4 heteroatoms. The first-order chi connectivity index (χ1) is 8.73. The molecule has 2 atom stereocenters. The van der Waals surface area contributed by atoms with Gasteiger partial charge >= 0.3 is 6.09 Å². The molecule has 0 aromatic heterocycles. The fraction of sp³-hybridized carbons (Fsp3) is 0.933. The van der Waals surface area contributed by atoms with Crippen molar-refractivity contribution in [1.29, 1.82) is 0 Å². The molecule has 1 fully saturated rings. The van der Waals surface area contributed by atoms with Crippen LogP contribution in [0.25, 0.3) is 0 Å². The highest BCUT2D eigenvalue weighted by Gasteiger charge is 2.32. The fourth-order valence-corrected chi connectivity index (χ4v) is 2.50. The lowest BCUT2D eigenvalue weighted by Gasteiger charge is -2.40. The second-order valence-corrected chi connectivity index (χ2v) is 7.25. The molecule has 1 rings (SSSR count). The van der Waals surface area contributed by atoms with Gasteiger partial charge in [0.2, 0.25) is 0 Å². The Morgan fingerprint density at radius 2 is 2.00 bits per heavy atom.